The van der Waals surface area contributed by atoms with Crippen molar-refractivity contribution >= 4 is 52.2 Å². The first-order valence-corrected chi connectivity index (χ1v) is 12.9. The SMILES string of the molecule is COc1ccc(C2C(C(=O)Nc3ccccc3)=C(C)N=c3sc(=Cc4cccc(Cl)c4Cl)c(=O)n32)cc1. The third kappa shape index (κ3) is 4.85. The first kappa shape index (κ1) is 25.0. The molecule has 186 valence electrons. The lowest BCUT2D eigenvalue weighted by Gasteiger charge is -2.25. The van der Waals surface area contributed by atoms with Crippen LogP contribution in [0.2, 0.25) is 10.0 Å². The van der Waals surface area contributed by atoms with E-state index >= 15 is 0 Å². The van der Waals surface area contributed by atoms with E-state index < -0.39 is 6.04 Å². The van der Waals surface area contributed by atoms with Crippen LogP contribution in [-0.4, -0.2) is 17.6 Å². The van der Waals surface area contributed by atoms with Gasteiger partial charge in [-0.25, -0.2) is 4.99 Å². The van der Waals surface area contributed by atoms with Crippen molar-refractivity contribution < 1.29 is 9.53 Å². The number of para-hydroxylation sites is 1. The third-order valence-corrected chi connectivity index (χ3v) is 7.81. The van der Waals surface area contributed by atoms with E-state index in [1.807, 2.05) is 30.3 Å². The van der Waals surface area contributed by atoms with Crippen LogP contribution in [0.3, 0.4) is 0 Å². The number of carbonyl (C=O) groups is 1. The lowest BCUT2D eigenvalue weighted by atomic mass is 9.95. The molecule has 3 aromatic carbocycles. The normalized spacial score (nSPS) is 15.2. The monoisotopic (exact) mass is 549 g/mol. The van der Waals surface area contributed by atoms with E-state index in [2.05, 4.69) is 10.3 Å². The van der Waals surface area contributed by atoms with Gasteiger partial charge in [-0.1, -0.05) is 77.0 Å². The van der Waals surface area contributed by atoms with Crippen molar-refractivity contribution in [1.82, 2.24) is 4.57 Å². The van der Waals surface area contributed by atoms with Gasteiger partial charge < -0.3 is 10.1 Å². The molecule has 4 aromatic rings. The fraction of sp³-hybridized carbons (Fsp3) is 0.107. The first-order valence-electron chi connectivity index (χ1n) is 11.3. The molecule has 0 bridgehead atoms. The number of ether oxygens (including phenoxy) is 1. The highest BCUT2D eigenvalue weighted by molar-refractivity contribution is 7.07. The van der Waals surface area contributed by atoms with E-state index in [1.54, 1.807) is 67.1 Å². The van der Waals surface area contributed by atoms with Gasteiger partial charge >= 0.3 is 0 Å². The van der Waals surface area contributed by atoms with Crippen LogP contribution in [0, 0.1) is 0 Å². The molecular weight excluding hydrogens is 529 g/mol. The van der Waals surface area contributed by atoms with Crippen LogP contribution >= 0.6 is 34.5 Å². The number of nitrogens with zero attached hydrogens (tertiary/aromatic N) is 2. The van der Waals surface area contributed by atoms with E-state index in [1.165, 1.54) is 11.3 Å². The number of amides is 1. The van der Waals surface area contributed by atoms with Crippen LogP contribution in [0.4, 0.5) is 5.69 Å². The summed E-state index contributed by atoms with van der Waals surface area (Å²) in [6.45, 7) is 1.78. The van der Waals surface area contributed by atoms with E-state index in [0.717, 1.165) is 5.56 Å². The standard InChI is InChI=1S/C28H21Cl2N3O3S/c1-16-23(26(34)32-19-8-4-3-5-9-19)25(17-11-13-20(36-2)14-12-17)33-27(35)22(37-28(33)31-16)15-18-7-6-10-21(29)24(18)30/h3-15,25H,1-2H3,(H,32,34). The molecule has 1 amide bonds. The fourth-order valence-electron chi connectivity index (χ4n) is 4.21. The van der Waals surface area contributed by atoms with Crippen molar-refractivity contribution in [3.63, 3.8) is 0 Å². The maximum atomic E-state index is 13.8. The van der Waals surface area contributed by atoms with Gasteiger partial charge in [-0.3, -0.25) is 14.2 Å². The molecule has 1 aromatic heterocycles. The summed E-state index contributed by atoms with van der Waals surface area (Å²) in [4.78, 5) is 32.5. The molecule has 1 aliphatic rings. The Bertz CT molecular complexity index is 1710. The number of benzene rings is 3. The van der Waals surface area contributed by atoms with Gasteiger partial charge in [0.05, 0.1) is 39.0 Å². The minimum absolute atomic E-state index is 0.280. The number of aromatic nitrogens is 1. The highest BCUT2D eigenvalue weighted by atomic mass is 35.5. The van der Waals surface area contributed by atoms with Crippen LogP contribution in [0.1, 0.15) is 24.1 Å². The molecule has 6 nitrogen and oxygen atoms in total. The Morgan fingerprint density at radius 2 is 1.78 bits per heavy atom. The zero-order valence-electron chi connectivity index (χ0n) is 19.9. The fourth-order valence-corrected chi connectivity index (χ4v) is 5.61. The van der Waals surface area contributed by atoms with Crippen LogP contribution < -0.4 is 24.9 Å². The van der Waals surface area contributed by atoms with Crippen molar-refractivity contribution in [2.45, 2.75) is 13.0 Å². The van der Waals surface area contributed by atoms with Gasteiger partial charge in [-0.05, 0) is 54.5 Å². The Balaban J connectivity index is 1.69. The molecule has 0 radical (unpaired) electrons. The minimum atomic E-state index is -0.692. The molecule has 1 unspecified atom stereocenters. The molecule has 0 saturated heterocycles. The highest BCUT2D eigenvalue weighted by Crippen LogP contribution is 2.32. The molecule has 5 rings (SSSR count). The van der Waals surface area contributed by atoms with Gasteiger partial charge in [0.1, 0.15) is 5.75 Å². The van der Waals surface area contributed by atoms with Crippen LogP contribution in [-0.2, 0) is 4.79 Å². The average Bonchev–Trinajstić information content (AvgIpc) is 3.20. The second-order valence-corrected chi connectivity index (χ2v) is 10.1. The number of hydrogen-bond acceptors (Lipinski definition) is 5. The van der Waals surface area contributed by atoms with Gasteiger partial charge in [0, 0.05) is 5.69 Å². The van der Waals surface area contributed by atoms with Crippen molar-refractivity contribution in [3.05, 3.63) is 125 Å². The molecule has 1 atom stereocenters. The van der Waals surface area contributed by atoms with E-state index in [9.17, 15) is 9.59 Å². The van der Waals surface area contributed by atoms with Crippen LogP contribution in [0.15, 0.2) is 93.9 Å². The Hall–Kier alpha value is -3.65. The second kappa shape index (κ2) is 10.4. The molecule has 2 heterocycles. The largest absolute Gasteiger partial charge is 0.497 e. The van der Waals surface area contributed by atoms with Gasteiger partial charge in [0.15, 0.2) is 4.80 Å². The molecule has 1 aliphatic heterocycles. The Labute approximate surface area is 226 Å². The molecular formula is C28H21Cl2N3O3S. The smallest absolute Gasteiger partial charge is 0.271 e. The van der Waals surface area contributed by atoms with E-state index in [4.69, 9.17) is 27.9 Å². The predicted molar refractivity (Wildman–Crippen MR) is 148 cm³/mol. The number of allylic oxidation sites excluding steroid dienone is 1. The number of fused-ring (bicyclic) bond motifs is 1. The number of nitrogens with one attached hydrogen (secondary N) is 1. The minimum Gasteiger partial charge on any atom is -0.497 e. The molecule has 0 saturated carbocycles. The van der Waals surface area contributed by atoms with Crippen molar-refractivity contribution in [2.24, 2.45) is 4.99 Å². The lowest BCUT2D eigenvalue weighted by molar-refractivity contribution is -0.113. The van der Waals surface area contributed by atoms with Gasteiger partial charge in [0.25, 0.3) is 11.5 Å². The number of rotatable bonds is 5. The van der Waals surface area contributed by atoms with Gasteiger partial charge in [-0.15, -0.1) is 0 Å². The maximum absolute atomic E-state index is 13.8. The second-order valence-electron chi connectivity index (χ2n) is 8.32. The summed E-state index contributed by atoms with van der Waals surface area (Å²) in [7, 11) is 1.59. The average molecular weight is 550 g/mol. The molecule has 37 heavy (non-hydrogen) atoms. The summed E-state index contributed by atoms with van der Waals surface area (Å²) < 4.78 is 7.30. The Morgan fingerprint density at radius 1 is 1.05 bits per heavy atom. The van der Waals surface area contributed by atoms with E-state index in [0.29, 0.717) is 47.6 Å². The number of hydrogen-bond donors (Lipinski definition) is 1. The van der Waals surface area contributed by atoms with Crippen LogP contribution in [0.25, 0.3) is 6.08 Å². The molecule has 0 fully saturated rings. The number of anilines is 1. The van der Waals surface area contributed by atoms with Crippen LogP contribution in [0.5, 0.6) is 5.75 Å². The summed E-state index contributed by atoms with van der Waals surface area (Å²) in [5, 5.41) is 3.70. The number of thiazole rings is 1. The Kier molecular flexibility index (Phi) is 7.02. The van der Waals surface area contributed by atoms with E-state index in [-0.39, 0.29) is 11.5 Å². The summed E-state index contributed by atoms with van der Waals surface area (Å²) >= 11 is 13.8. The predicted octanol–water partition coefficient (Wildman–Crippen LogP) is 5.19. The van der Waals surface area contributed by atoms with Crippen molar-refractivity contribution in [3.8, 4) is 5.75 Å². The molecule has 0 aliphatic carbocycles. The molecule has 0 spiro atoms. The highest BCUT2D eigenvalue weighted by Gasteiger charge is 2.32. The quantitative estimate of drug-likeness (QED) is 0.372. The topological polar surface area (TPSA) is 72.7 Å². The number of halogens is 2. The molecule has 1 N–H and O–H groups in total. The number of carbonyl (C=O) groups excluding carboxylic acids is 1. The van der Waals surface area contributed by atoms with Crippen molar-refractivity contribution in [1.29, 1.82) is 0 Å². The van der Waals surface area contributed by atoms with Gasteiger partial charge in [-0.2, -0.15) is 0 Å². The zero-order valence-corrected chi connectivity index (χ0v) is 22.2. The number of methoxy groups -OCH3 is 1. The summed E-state index contributed by atoms with van der Waals surface area (Å²) in [5.41, 5.74) is 2.66. The third-order valence-electron chi connectivity index (χ3n) is 6.00. The lowest BCUT2D eigenvalue weighted by Crippen LogP contribution is -2.40. The zero-order chi connectivity index (χ0) is 26.1. The summed E-state index contributed by atoms with van der Waals surface area (Å²) in [6.07, 6.45) is 1.70. The van der Waals surface area contributed by atoms with Crippen molar-refractivity contribution in [2.75, 3.05) is 12.4 Å². The Morgan fingerprint density at radius 3 is 2.49 bits per heavy atom. The molecule has 9 heteroatoms. The maximum Gasteiger partial charge on any atom is 0.271 e. The van der Waals surface area contributed by atoms with Gasteiger partial charge in [0.2, 0.25) is 0 Å². The summed E-state index contributed by atoms with van der Waals surface area (Å²) in [6, 6.07) is 21.0. The summed E-state index contributed by atoms with van der Waals surface area (Å²) in [5.74, 6) is 0.336. The first-order chi connectivity index (χ1) is 17.9.